The van der Waals surface area contributed by atoms with E-state index >= 15 is 0 Å². The van der Waals surface area contributed by atoms with E-state index < -0.39 is 5.97 Å². The minimum atomic E-state index is -1.08. The van der Waals surface area contributed by atoms with Crippen LogP contribution in [-0.4, -0.2) is 25.7 Å². The largest absolute Gasteiger partial charge is 0.477 e. The summed E-state index contributed by atoms with van der Waals surface area (Å²) in [5, 5.41) is 17.1. The van der Waals surface area contributed by atoms with Crippen LogP contribution in [0.15, 0.2) is 42.5 Å². The zero-order valence-electron chi connectivity index (χ0n) is 10.3. The van der Waals surface area contributed by atoms with Gasteiger partial charge in [-0.1, -0.05) is 24.3 Å². The third kappa shape index (κ3) is 2.01. The van der Waals surface area contributed by atoms with Gasteiger partial charge in [-0.05, 0) is 23.8 Å². The first-order chi connectivity index (χ1) is 9.66. The molecule has 0 atom stereocenters. The van der Waals surface area contributed by atoms with Crippen LogP contribution in [0.4, 0.5) is 4.39 Å². The number of aromatic carboxylic acids is 1. The number of benzene rings is 1. The van der Waals surface area contributed by atoms with Crippen LogP contribution >= 0.6 is 0 Å². The van der Waals surface area contributed by atoms with Crippen LogP contribution in [-0.2, 0) is 6.42 Å². The maximum Gasteiger partial charge on any atom is 0.352 e. The summed E-state index contributed by atoms with van der Waals surface area (Å²) in [7, 11) is 0. The number of carboxylic acid groups (broad SMARTS) is 1. The molecule has 100 valence electrons. The number of rotatable bonds is 3. The molecule has 0 radical (unpaired) electrons. The quantitative estimate of drug-likeness (QED) is 0.792. The SMILES string of the molecule is O=C(O)c1cccc2nnc(Cc3ccccc3F)n12. The number of hydrogen-bond donors (Lipinski definition) is 1. The lowest BCUT2D eigenvalue weighted by Gasteiger charge is -2.04. The summed E-state index contributed by atoms with van der Waals surface area (Å²) in [6.45, 7) is 0. The Morgan fingerprint density at radius 3 is 2.70 bits per heavy atom. The molecule has 0 spiro atoms. The molecule has 0 aliphatic rings. The predicted molar refractivity (Wildman–Crippen MR) is 69.2 cm³/mol. The van der Waals surface area contributed by atoms with Gasteiger partial charge in [-0.2, -0.15) is 0 Å². The number of carboxylic acids is 1. The lowest BCUT2D eigenvalue weighted by Crippen LogP contribution is -2.08. The van der Waals surface area contributed by atoms with Gasteiger partial charge in [0.2, 0.25) is 0 Å². The molecule has 0 fully saturated rings. The highest BCUT2D eigenvalue weighted by atomic mass is 19.1. The highest BCUT2D eigenvalue weighted by Gasteiger charge is 2.15. The summed E-state index contributed by atoms with van der Waals surface area (Å²) in [6.07, 6.45) is 0.179. The third-order valence-electron chi connectivity index (χ3n) is 3.02. The number of carbonyl (C=O) groups is 1. The Hall–Kier alpha value is -2.76. The fraction of sp³-hybridized carbons (Fsp3) is 0.0714. The van der Waals surface area contributed by atoms with Crippen molar-refractivity contribution in [3.63, 3.8) is 0 Å². The highest BCUT2D eigenvalue weighted by Crippen LogP contribution is 2.15. The van der Waals surface area contributed by atoms with E-state index in [4.69, 9.17) is 0 Å². The molecule has 0 aliphatic heterocycles. The first-order valence-corrected chi connectivity index (χ1v) is 5.96. The van der Waals surface area contributed by atoms with E-state index in [-0.39, 0.29) is 17.9 Å². The molecule has 2 heterocycles. The number of fused-ring (bicyclic) bond motifs is 1. The van der Waals surface area contributed by atoms with Gasteiger partial charge < -0.3 is 5.11 Å². The Bertz CT molecular complexity index is 798. The monoisotopic (exact) mass is 271 g/mol. The molecule has 0 bridgehead atoms. The summed E-state index contributed by atoms with van der Waals surface area (Å²) in [6, 6.07) is 11.0. The summed E-state index contributed by atoms with van der Waals surface area (Å²) in [4.78, 5) is 11.2. The molecule has 0 saturated heterocycles. The maximum atomic E-state index is 13.7. The molecule has 0 saturated carbocycles. The maximum absolute atomic E-state index is 13.7. The van der Waals surface area contributed by atoms with E-state index in [2.05, 4.69) is 10.2 Å². The summed E-state index contributed by atoms with van der Waals surface area (Å²) < 4.78 is 15.1. The molecular weight excluding hydrogens is 261 g/mol. The van der Waals surface area contributed by atoms with E-state index in [0.29, 0.717) is 17.0 Å². The van der Waals surface area contributed by atoms with Gasteiger partial charge in [0.15, 0.2) is 5.65 Å². The van der Waals surface area contributed by atoms with Gasteiger partial charge in [-0.15, -0.1) is 10.2 Å². The van der Waals surface area contributed by atoms with Crippen LogP contribution in [0.3, 0.4) is 0 Å². The number of aromatic nitrogens is 3. The average molecular weight is 271 g/mol. The van der Waals surface area contributed by atoms with Gasteiger partial charge >= 0.3 is 5.97 Å². The zero-order chi connectivity index (χ0) is 14.1. The van der Waals surface area contributed by atoms with Crippen molar-refractivity contribution in [2.24, 2.45) is 0 Å². The van der Waals surface area contributed by atoms with Crippen molar-refractivity contribution in [3.8, 4) is 0 Å². The van der Waals surface area contributed by atoms with E-state index in [1.807, 2.05) is 0 Å². The van der Waals surface area contributed by atoms with Crippen molar-refractivity contribution >= 4 is 11.6 Å². The van der Waals surface area contributed by atoms with Gasteiger partial charge in [-0.25, -0.2) is 9.18 Å². The second-order valence-electron chi connectivity index (χ2n) is 4.29. The van der Waals surface area contributed by atoms with Crippen LogP contribution in [0.5, 0.6) is 0 Å². The van der Waals surface area contributed by atoms with E-state index in [0.717, 1.165) is 0 Å². The summed E-state index contributed by atoms with van der Waals surface area (Å²) in [5.74, 6) is -1.04. The third-order valence-corrected chi connectivity index (χ3v) is 3.02. The topological polar surface area (TPSA) is 67.5 Å². The van der Waals surface area contributed by atoms with Crippen LogP contribution in [0, 0.1) is 5.82 Å². The van der Waals surface area contributed by atoms with Gasteiger partial charge in [-0.3, -0.25) is 4.40 Å². The first-order valence-electron chi connectivity index (χ1n) is 5.96. The summed E-state index contributed by atoms with van der Waals surface area (Å²) >= 11 is 0. The minimum absolute atomic E-state index is 0.0545. The normalized spacial score (nSPS) is 10.8. The molecule has 0 aliphatic carbocycles. The van der Waals surface area contributed by atoms with E-state index in [1.165, 1.54) is 16.5 Å². The average Bonchev–Trinajstić information content (AvgIpc) is 2.84. The minimum Gasteiger partial charge on any atom is -0.477 e. The molecule has 0 amide bonds. The molecule has 5 nitrogen and oxygen atoms in total. The van der Waals surface area contributed by atoms with Gasteiger partial charge in [0.25, 0.3) is 0 Å². The van der Waals surface area contributed by atoms with Crippen LogP contribution in [0.1, 0.15) is 21.9 Å². The number of pyridine rings is 1. The second kappa shape index (κ2) is 4.73. The van der Waals surface area contributed by atoms with Crippen LogP contribution in [0.25, 0.3) is 5.65 Å². The first kappa shape index (κ1) is 12.3. The Kier molecular flexibility index (Phi) is 2.90. The molecule has 0 unspecified atom stereocenters. The van der Waals surface area contributed by atoms with Crippen molar-refractivity contribution < 1.29 is 14.3 Å². The van der Waals surface area contributed by atoms with Crippen LogP contribution < -0.4 is 0 Å². The molecule has 6 heteroatoms. The zero-order valence-corrected chi connectivity index (χ0v) is 10.3. The Morgan fingerprint density at radius 1 is 1.15 bits per heavy atom. The lowest BCUT2D eigenvalue weighted by molar-refractivity contribution is 0.0688. The van der Waals surface area contributed by atoms with E-state index in [1.54, 1.807) is 30.3 Å². The predicted octanol–water partition coefficient (Wildman–Crippen LogP) is 2.16. The standard InChI is InChI=1S/C14H10FN3O2/c15-10-5-2-1-4-9(10)8-13-17-16-12-7-3-6-11(14(19)20)18(12)13/h1-7H,8H2,(H,19,20). The van der Waals surface area contributed by atoms with Gasteiger partial charge in [0.1, 0.15) is 17.3 Å². The van der Waals surface area contributed by atoms with Crippen molar-refractivity contribution in [1.82, 2.24) is 14.6 Å². The molecule has 2 aromatic heterocycles. The lowest BCUT2D eigenvalue weighted by atomic mass is 10.1. The Balaban J connectivity index is 2.13. The number of halogens is 1. The van der Waals surface area contributed by atoms with Crippen molar-refractivity contribution in [1.29, 1.82) is 0 Å². The molecule has 1 aromatic carbocycles. The summed E-state index contributed by atoms with van der Waals surface area (Å²) in [5.41, 5.74) is 0.928. The fourth-order valence-corrected chi connectivity index (χ4v) is 2.09. The Morgan fingerprint density at radius 2 is 1.95 bits per heavy atom. The smallest absolute Gasteiger partial charge is 0.352 e. The van der Waals surface area contributed by atoms with Crippen molar-refractivity contribution in [3.05, 3.63) is 65.4 Å². The number of hydrogen-bond acceptors (Lipinski definition) is 3. The molecule has 20 heavy (non-hydrogen) atoms. The molecule has 3 rings (SSSR count). The van der Waals surface area contributed by atoms with Gasteiger partial charge in [0.05, 0.1) is 0 Å². The number of nitrogens with zero attached hydrogens (tertiary/aromatic N) is 3. The van der Waals surface area contributed by atoms with Gasteiger partial charge in [0, 0.05) is 6.42 Å². The van der Waals surface area contributed by atoms with Crippen LogP contribution in [0.2, 0.25) is 0 Å². The molecule has 1 N–H and O–H groups in total. The highest BCUT2D eigenvalue weighted by molar-refractivity contribution is 5.86. The van der Waals surface area contributed by atoms with Crippen molar-refractivity contribution in [2.75, 3.05) is 0 Å². The second-order valence-corrected chi connectivity index (χ2v) is 4.29. The van der Waals surface area contributed by atoms with Crippen molar-refractivity contribution in [2.45, 2.75) is 6.42 Å². The fourth-order valence-electron chi connectivity index (χ4n) is 2.09. The Labute approximate surface area is 113 Å². The molecule has 3 aromatic rings. The molecular formula is C14H10FN3O2. The van der Waals surface area contributed by atoms with E-state index in [9.17, 15) is 14.3 Å².